The molecule has 112 valence electrons. The van der Waals surface area contributed by atoms with Crippen LogP contribution in [0.3, 0.4) is 0 Å². The van der Waals surface area contributed by atoms with Gasteiger partial charge >= 0.3 is 0 Å². The van der Waals surface area contributed by atoms with Gasteiger partial charge in [0.25, 0.3) is 0 Å². The molecule has 2 atom stereocenters. The maximum absolute atomic E-state index is 6.29. The third kappa shape index (κ3) is 4.63. The summed E-state index contributed by atoms with van der Waals surface area (Å²) in [5, 5.41) is 5.16. The number of nitrogens with one attached hydrogen (secondary N) is 1. The van der Waals surface area contributed by atoms with Crippen molar-refractivity contribution in [3.63, 3.8) is 0 Å². The number of benzene rings is 1. The largest absolute Gasteiger partial charge is 0.381 e. The lowest BCUT2D eigenvalue weighted by Gasteiger charge is -2.22. The molecule has 1 N–H and O–H groups in total. The Balaban J connectivity index is 2.01. The van der Waals surface area contributed by atoms with Crippen molar-refractivity contribution in [3.8, 4) is 0 Å². The Bertz CT molecular complexity index is 399. The number of hydrogen-bond donors (Lipinski definition) is 1. The van der Waals surface area contributed by atoms with E-state index < -0.39 is 0 Å². The van der Waals surface area contributed by atoms with Crippen molar-refractivity contribution in [2.24, 2.45) is 5.92 Å². The van der Waals surface area contributed by atoms with Gasteiger partial charge < -0.3 is 10.1 Å². The number of ether oxygens (including phenoxy) is 1. The van der Waals surface area contributed by atoms with E-state index in [1.165, 1.54) is 6.42 Å². The van der Waals surface area contributed by atoms with Gasteiger partial charge in [-0.3, -0.25) is 0 Å². The van der Waals surface area contributed by atoms with E-state index in [2.05, 4.69) is 12.2 Å². The molecule has 2 rings (SSSR count). The number of rotatable bonds is 7. The highest BCUT2D eigenvalue weighted by Crippen LogP contribution is 2.28. The van der Waals surface area contributed by atoms with Crippen molar-refractivity contribution in [3.05, 3.63) is 33.8 Å². The van der Waals surface area contributed by atoms with Crippen LogP contribution >= 0.6 is 23.2 Å². The lowest BCUT2D eigenvalue weighted by molar-refractivity contribution is 0.181. The second kappa shape index (κ2) is 8.23. The van der Waals surface area contributed by atoms with Gasteiger partial charge in [0.05, 0.1) is 0 Å². The average Bonchev–Trinajstić information content (AvgIpc) is 2.93. The fourth-order valence-electron chi connectivity index (χ4n) is 2.73. The Labute approximate surface area is 131 Å². The van der Waals surface area contributed by atoms with Gasteiger partial charge in [-0.15, -0.1) is 0 Å². The maximum atomic E-state index is 6.29. The molecule has 0 spiro atoms. The van der Waals surface area contributed by atoms with Crippen LogP contribution in [-0.2, 0) is 11.2 Å². The van der Waals surface area contributed by atoms with Crippen LogP contribution in [0.2, 0.25) is 10.0 Å². The van der Waals surface area contributed by atoms with E-state index in [9.17, 15) is 0 Å². The molecule has 1 saturated heterocycles. The first-order valence-electron chi connectivity index (χ1n) is 7.44. The molecule has 1 heterocycles. The molecule has 0 saturated carbocycles. The van der Waals surface area contributed by atoms with E-state index in [0.717, 1.165) is 54.6 Å². The van der Waals surface area contributed by atoms with Gasteiger partial charge in [0.2, 0.25) is 0 Å². The summed E-state index contributed by atoms with van der Waals surface area (Å²) in [4.78, 5) is 0. The zero-order valence-corrected chi connectivity index (χ0v) is 13.5. The van der Waals surface area contributed by atoms with Crippen LogP contribution in [0, 0.1) is 5.92 Å². The topological polar surface area (TPSA) is 21.3 Å². The predicted octanol–water partition coefficient (Wildman–Crippen LogP) is 4.33. The van der Waals surface area contributed by atoms with Crippen LogP contribution in [-0.4, -0.2) is 25.8 Å². The summed E-state index contributed by atoms with van der Waals surface area (Å²) in [5.41, 5.74) is 1.06. The predicted molar refractivity (Wildman–Crippen MR) is 85.8 cm³/mol. The first-order chi connectivity index (χ1) is 9.70. The number of hydrogen-bond acceptors (Lipinski definition) is 2. The molecule has 2 nitrogen and oxygen atoms in total. The molecule has 2 unspecified atom stereocenters. The summed E-state index contributed by atoms with van der Waals surface area (Å²) in [5.74, 6) is 0.658. The Morgan fingerprint density at radius 3 is 2.70 bits per heavy atom. The summed E-state index contributed by atoms with van der Waals surface area (Å²) in [6.45, 7) is 5.00. The summed E-state index contributed by atoms with van der Waals surface area (Å²) in [6.07, 6.45) is 4.31. The lowest BCUT2D eigenvalue weighted by atomic mass is 9.94. The summed E-state index contributed by atoms with van der Waals surface area (Å²) >= 11 is 12.6. The zero-order valence-electron chi connectivity index (χ0n) is 12.0. The van der Waals surface area contributed by atoms with Crippen molar-refractivity contribution < 1.29 is 4.74 Å². The minimum atomic E-state index is 0.416. The van der Waals surface area contributed by atoms with E-state index >= 15 is 0 Å². The van der Waals surface area contributed by atoms with E-state index in [1.54, 1.807) is 0 Å². The third-order valence-electron chi connectivity index (χ3n) is 3.84. The van der Waals surface area contributed by atoms with Crippen LogP contribution in [0.25, 0.3) is 0 Å². The molecule has 1 aliphatic rings. The van der Waals surface area contributed by atoms with Gasteiger partial charge in [0.15, 0.2) is 0 Å². The van der Waals surface area contributed by atoms with Gasteiger partial charge in [0.1, 0.15) is 0 Å². The molecule has 0 radical (unpaired) electrons. The summed E-state index contributed by atoms with van der Waals surface area (Å²) in [6, 6.07) is 6.14. The fourth-order valence-corrected chi connectivity index (χ4v) is 3.28. The lowest BCUT2D eigenvalue weighted by Crippen LogP contribution is -2.34. The molecule has 1 aromatic rings. The van der Waals surface area contributed by atoms with Gasteiger partial charge in [0, 0.05) is 29.3 Å². The first-order valence-corrected chi connectivity index (χ1v) is 8.20. The Morgan fingerprint density at radius 1 is 1.35 bits per heavy atom. The molecular weight excluding hydrogens is 293 g/mol. The first kappa shape index (κ1) is 16.1. The van der Waals surface area contributed by atoms with Crippen molar-refractivity contribution in [2.45, 2.75) is 38.6 Å². The van der Waals surface area contributed by atoms with Gasteiger partial charge in [-0.2, -0.15) is 0 Å². The monoisotopic (exact) mass is 315 g/mol. The maximum Gasteiger partial charge on any atom is 0.0495 e. The fraction of sp³-hybridized carbons (Fsp3) is 0.625. The normalized spacial score (nSPS) is 20.2. The van der Waals surface area contributed by atoms with Crippen LogP contribution in [0.5, 0.6) is 0 Å². The molecule has 1 aliphatic heterocycles. The second-order valence-corrected chi connectivity index (χ2v) is 6.34. The highest BCUT2D eigenvalue weighted by Gasteiger charge is 2.22. The minimum absolute atomic E-state index is 0.416. The molecule has 1 aromatic carbocycles. The van der Waals surface area contributed by atoms with Crippen molar-refractivity contribution in [2.75, 3.05) is 19.8 Å². The van der Waals surface area contributed by atoms with Crippen LogP contribution in [0.4, 0.5) is 0 Å². The van der Waals surface area contributed by atoms with E-state index in [4.69, 9.17) is 27.9 Å². The van der Waals surface area contributed by atoms with Crippen molar-refractivity contribution >= 4 is 23.2 Å². The molecule has 0 aromatic heterocycles. The smallest absolute Gasteiger partial charge is 0.0495 e. The third-order valence-corrected chi connectivity index (χ3v) is 4.55. The Kier molecular flexibility index (Phi) is 6.63. The van der Waals surface area contributed by atoms with Crippen molar-refractivity contribution in [1.29, 1.82) is 0 Å². The number of halogens is 2. The van der Waals surface area contributed by atoms with Gasteiger partial charge in [-0.05, 0) is 55.8 Å². The summed E-state index contributed by atoms with van der Waals surface area (Å²) in [7, 11) is 0. The highest BCUT2D eigenvalue weighted by atomic mass is 35.5. The molecule has 0 amide bonds. The minimum Gasteiger partial charge on any atom is -0.381 e. The van der Waals surface area contributed by atoms with Gasteiger partial charge in [-0.1, -0.05) is 36.2 Å². The molecule has 20 heavy (non-hydrogen) atoms. The molecule has 0 bridgehead atoms. The van der Waals surface area contributed by atoms with E-state index in [-0.39, 0.29) is 0 Å². The standard InChI is InChI=1S/C16H23Cl2NO/c1-2-7-19-13(9-12-6-8-20-11-12)10-14-15(17)4-3-5-16(14)18/h3-5,12-13,19H,2,6-11H2,1H3. The van der Waals surface area contributed by atoms with Crippen LogP contribution in [0.15, 0.2) is 18.2 Å². The second-order valence-electron chi connectivity index (χ2n) is 5.52. The van der Waals surface area contributed by atoms with E-state index in [0.29, 0.717) is 12.0 Å². The van der Waals surface area contributed by atoms with Crippen molar-refractivity contribution in [1.82, 2.24) is 5.32 Å². The SMILES string of the molecule is CCCNC(Cc1c(Cl)cccc1Cl)CC1CCOC1. The Morgan fingerprint density at radius 2 is 2.10 bits per heavy atom. The molecular formula is C16H23Cl2NO. The van der Waals surface area contributed by atoms with E-state index in [1.807, 2.05) is 18.2 Å². The van der Waals surface area contributed by atoms with Crippen LogP contribution in [0.1, 0.15) is 31.7 Å². The average molecular weight is 316 g/mol. The molecule has 0 aliphatic carbocycles. The Hall–Kier alpha value is -0.280. The molecule has 4 heteroatoms. The highest BCUT2D eigenvalue weighted by molar-refractivity contribution is 6.36. The zero-order chi connectivity index (χ0) is 14.4. The summed E-state index contributed by atoms with van der Waals surface area (Å²) < 4.78 is 5.48. The quantitative estimate of drug-likeness (QED) is 0.808. The molecule has 1 fully saturated rings. The van der Waals surface area contributed by atoms with Gasteiger partial charge in [-0.25, -0.2) is 0 Å². The van der Waals surface area contributed by atoms with Crippen LogP contribution < -0.4 is 5.32 Å².